The van der Waals surface area contributed by atoms with Crippen LogP contribution >= 0.6 is 23.6 Å². The number of likely N-dealkylation sites (N-methyl/N-ethyl adjacent to an activating group) is 1. The molecule has 2 heterocycles. The Morgan fingerprint density at radius 3 is 2.85 bits per heavy atom. The Hall–Kier alpha value is -1.40. The van der Waals surface area contributed by atoms with Crippen LogP contribution in [-0.4, -0.2) is 27.9 Å². The van der Waals surface area contributed by atoms with Gasteiger partial charge in [0.15, 0.2) is 0 Å². The van der Waals surface area contributed by atoms with Crippen LogP contribution in [0.2, 0.25) is 0 Å². The van der Waals surface area contributed by atoms with Gasteiger partial charge in [0.05, 0.1) is 11.3 Å². The predicted octanol–water partition coefficient (Wildman–Crippen LogP) is 2.49. The van der Waals surface area contributed by atoms with Gasteiger partial charge in [0.1, 0.15) is 10.8 Å². The number of nitrogens with zero attached hydrogens (tertiary/aromatic N) is 3. The Labute approximate surface area is 129 Å². The number of aryl methyl sites for hydroxylation is 2. The molecule has 0 saturated heterocycles. The van der Waals surface area contributed by atoms with E-state index in [1.54, 1.807) is 11.3 Å². The van der Waals surface area contributed by atoms with Gasteiger partial charge in [-0.1, -0.05) is 18.3 Å². The molecule has 0 fully saturated rings. The number of aromatic nitrogens is 2. The van der Waals surface area contributed by atoms with Gasteiger partial charge >= 0.3 is 0 Å². The fourth-order valence-electron chi connectivity index (χ4n) is 2.40. The minimum Gasteiger partial charge on any atom is -0.389 e. The van der Waals surface area contributed by atoms with E-state index in [9.17, 15) is 0 Å². The van der Waals surface area contributed by atoms with E-state index in [0.29, 0.717) is 11.0 Å². The van der Waals surface area contributed by atoms with E-state index in [4.69, 9.17) is 18.0 Å². The van der Waals surface area contributed by atoms with Crippen LogP contribution < -0.4 is 10.6 Å². The van der Waals surface area contributed by atoms with Crippen LogP contribution in [0.3, 0.4) is 0 Å². The van der Waals surface area contributed by atoms with E-state index in [2.05, 4.69) is 41.5 Å². The maximum atomic E-state index is 5.86. The van der Waals surface area contributed by atoms with Crippen LogP contribution in [-0.2, 0) is 13.5 Å². The Balaban J connectivity index is 2.28. The second-order valence-electron chi connectivity index (χ2n) is 5.02. The van der Waals surface area contributed by atoms with Gasteiger partial charge in [-0.2, -0.15) is 5.10 Å². The molecule has 108 valence electrons. The molecule has 0 aliphatic rings. The van der Waals surface area contributed by atoms with Crippen molar-refractivity contribution in [3.63, 3.8) is 0 Å². The van der Waals surface area contributed by atoms with Crippen molar-refractivity contribution in [2.45, 2.75) is 26.3 Å². The lowest BCUT2D eigenvalue weighted by Gasteiger charge is -2.27. The van der Waals surface area contributed by atoms with Gasteiger partial charge in [-0.05, 0) is 25.3 Å². The van der Waals surface area contributed by atoms with Gasteiger partial charge in [-0.25, -0.2) is 0 Å². The predicted molar refractivity (Wildman–Crippen MR) is 89.7 cm³/mol. The molecular weight excluding hydrogens is 288 g/mol. The molecule has 0 saturated carbocycles. The first-order chi connectivity index (χ1) is 9.41. The monoisotopic (exact) mass is 308 g/mol. The van der Waals surface area contributed by atoms with Crippen molar-refractivity contribution in [1.29, 1.82) is 0 Å². The third-order valence-corrected chi connectivity index (χ3v) is 4.61. The summed E-state index contributed by atoms with van der Waals surface area (Å²) in [5.74, 6) is 0.985. The van der Waals surface area contributed by atoms with E-state index in [-0.39, 0.29) is 0 Å². The summed E-state index contributed by atoms with van der Waals surface area (Å²) < 4.78 is 1.86. The zero-order valence-corrected chi connectivity index (χ0v) is 13.9. The van der Waals surface area contributed by atoms with Crippen molar-refractivity contribution in [2.75, 3.05) is 11.9 Å². The molecule has 0 aliphatic heterocycles. The number of thiocarbonyl (C=S) groups is 1. The van der Waals surface area contributed by atoms with E-state index in [1.165, 1.54) is 4.88 Å². The third-order valence-electron chi connectivity index (χ3n) is 3.51. The van der Waals surface area contributed by atoms with Gasteiger partial charge in [-0.15, -0.1) is 11.3 Å². The fraction of sp³-hybridized carbons (Fsp3) is 0.429. The quantitative estimate of drug-likeness (QED) is 0.862. The number of hydrogen-bond donors (Lipinski definition) is 1. The summed E-state index contributed by atoms with van der Waals surface area (Å²) in [7, 11) is 4.00. The normalized spacial score (nSPS) is 12.4. The highest BCUT2D eigenvalue weighted by atomic mass is 32.1. The van der Waals surface area contributed by atoms with Crippen LogP contribution in [0.4, 0.5) is 5.82 Å². The Morgan fingerprint density at radius 1 is 1.60 bits per heavy atom. The van der Waals surface area contributed by atoms with Crippen molar-refractivity contribution in [3.05, 3.63) is 33.6 Å². The molecule has 0 amide bonds. The first-order valence-electron chi connectivity index (χ1n) is 6.50. The van der Waals surface area contributed by atoms with Crippen LogP contribution in [0.25, 0.3) is 0 Å². The average molecular weight is 308 g/mol. The molecule has 0 aliphatic carbocycles. The summed E-state index contributed by atoms with van der Waals surface area (Å²) >= 11 is 6.96. The standard InChI is InChI=1S/C14H20N4S2/c1-9(8-11-6-5-7-20-11)17(3)14-12(13(15)19)10(2)16-18(14)4/h5-7,9H,8H2,1-4H3,(H2,15,19). The number of hydrogen-bond acceptors (Lipinski definition) is 4. The van der Waals surface area contributed by atoms with E-state index < -0.39 is 0 Å². The molecule has 1 unspecified atom stereocenters. The lowest BCUT2D eigenvalue weighted by molar-refractivity contribution is 0.645. The van der Waals surface area contributed by atoms with Gasteiger partial charge in [-0.3, -0.25) is 4.68 Å². The molecule has 4 nitrogen and oxygen atoms in total. The highest BCUT2D eigenvalue weighted by molar-refractivity contribution is 7.80. The third kappa shape index (κ3) is 2.86. The van der Waals surface area contributed by atoms with Crippen molar-refractivity contribution in [3.8, 4) is 0 Å². The minimum absolute atomic E-state index is 0.344. The van der Waals surface area contributed by atoms with Gasteiger partial charge < -0.3 is 10.6 Å². The molecule has 1 atom stereocenters. The zero-order chi connectivity index (χ0) is 14.9. The van der Waals surface area contributed by atoms with Crippen LogP contribution in [0.15, 0.2) is 17.5 Å². The lowest BCUT2D eigenvalue weighted by atomic mass is 10.1. The maximum absolute atomic E-state index is 5.86. The molecule has 0 spiro atoms. The molecule has 0 aromatic carbocycles. The second kappa shape index (κ2) is 5.93. The number of nitrogens with two attached hydrogens (primary N) is 1. The van der Waals surface area contributed by atoms with E-state index >= 15 is 0 Å². The van der Waals surface area contributed by atoms with Crippen LogP contribution in [0.1, 0.15) is 23.1 Å². The molecule has 2 aromatic heterocycles. The number of thiophene rings is 1. The molecule has 6 heteroatoms. The molecular formula is C14H20N4S2. The largest absolute Gasteiger partial charge is 0.389 e. The van der Waals surface area contributed by atoms with Crippen molar-refractivity contribution in [1.82, 2.24) is 9.78 Å². The van der Waals surface area contributed by atoms with E-state index in [0.717, 1.165) is 23.5 Å². The smallest absolute Gasteiger partial charge is 0.137 e. The Morgan fingerprint density at radius 2 is 2.30 bits per heavy atom. The maximum Gasteiger partial charge on any atom is 0.137 e. The first-order valence-corrected chi connectivity index (χ1v) is 7.79. The highest BCUT2D eigenvalue weighted by Crippen LogP contribution is 2.25. The summed E-state index contributed by atoms with van der Waals surface area (Å²) in [4.78, 5) is 3.98. The SMILES string of the molecule is Cc1nn(C)c(N(C)C(C)Cc2cccs2)c1C(N)=S. The number of rotatable bonds is 5. The molecule has 2 N–H and O–H groups in total. The number of anilines is 1. The minimum atomic E-state index is 0.344. The summed E-state index contributed by atoms with van der Waals surface area (Å²) in [6.45, 7) is 4.14. The van der Waals surface area contributed by atoms with Crippen molar-refractivity contribution in [2.24, 2.45) is 12.8 Å². The first kappa shape index (κ1) is 15.0. The fourth-order valence-corrected chi connectivity index (χ4v) is 3.47. The average Bonchev–Trinajstić information content (AvgIpc) is 2.95. The van der Waals surface area contributed by atoms with Crippen LogP contribution in [0.5, 0.6) is 0 Å². The molecule has 0 bridgehead atoms. The summed E-state index contributed by atoms with van der Waals surface area (Å²) in [5.41, 5.74) is 7.61. The van der Waals surface area contributed by atoms with Crippen LogP contribution in [0, 0.1) is 6.92 Å². The van der Waals surface area contributed by atoms with Gasteiger partial charge in [0.2, 0.25) is 0 Å². The Bertz CT molecular complexity index is 601. The van der Waals surface area contributed by atoms with Gasteiger partial charge in [0, 0.05) is 31.4 Å². The molecule has 2 rings (SSSR count). The summed E-state index contributed by atoms with van der Waals surface area (Å²) in [5, 5.41) is 6.55. The Kier molecular flexibility index (Phi) is 4.45. The molecule has 20 heavy (non-hydrogen) atoms. The zero-order valence-electron chi connectivity index (χ0n) is 12.3. The topological polar surface area (TPSA) is 47.1 Å². The second-order valence-corrected chi connectivity index (χ2v) is 6.49. The van der Waals surface area contributed by atoms with Crippen molar-refractivity contribution < 1.29 is 0 Å². The highest BCUT2D eigenvalue weighted by Gasteiger charge is 2.22. The molecule has 2 aromatic rings. The summed E-state index contributed by atoms with van der Waals surface area (Å²) in [6, 6.07) is 4.59. The van der Waals surface area contributed by atoms with E-state index in [1.807, 2.05) is 18.7 Å². The summed E-state index contributed by atoms with van der Waals surface area (Å²) in [6.07, 6.45) is 0.995. The lowest BCUT2D eigenvalue weighted by Crippen LogP contribution is -2.33. The van der Waals surface area contributed by atoms with Crippen molar-refractivity contribution >= 4 is 34.4 Å². The van der Waals surface area contributed by atoms with Gasteiger partial charge in [0.25, 0.3) is 0 Å². The molecule has 0 radical (unpaired) electrons.